The molecule has 0 aromatic heterocycles. The fourth-order valence-corrected chi connectivity index (χ4v) is 1.91. The van der Waals surface area contributed by atoms with Crippen LogP contribution in [0.2, 0.25) is 5.02 Å². The second-order valence-electron chi connectivity index (χ2n) is 3.96. The molecular weight excluding hydrogens is 272 g/mol. The number of rotatable bonds is 4. The predicted molar refractivity (Wildman–Crippen MR) is 70.0 cm³/mol. The lowest BCUT2D eigenvalue weighted by Crippen LogP contribution is -2.06. The van der Waals surface area contributed by atoms with E-state index >= 15 is 0 Å². The first kappa shape index (κ1) is 13.8. The van der Waals surface area contributed by atoms with Crippen molar-refractivity contribution < 1.29 is 13.5 Å². The van der Waals surface area contributed by atoms with E-state index in [0.29, 0.717) is 11.1 Å². The summed E-state index contributed by atoms with van der Waals surface area (Å²) < 4.78 is 31.9. The van der Waals surface area contributed by atoms with E-state index in [4.69, 9.17) is 22.1 Å². The highest BCUT2D eigenvalue weighted by Gasteiger charge is 2.10. The topological polar surface area (TPSA) is 35.2 Å². The molecule has 2 N–H and O–H groups in total. The van der Waals surface area contributed by atoms with Gasteiger partial charge in [0.15, 0.2) is 11.6 Å². The van der Waals surface area contributed by atoms with Gasteiger partial charge < -0.3 is 10.5 Å². The SMILES string of the molecule is NCc1cc(F)ccc1COc1c(F)cccc1Cl. The molecule has 0 radical (unpaired) electrons. The molecule has 0 amide bonds. The second kappa shape index (κ2) is 5.99. The number of nitrogens with two attached hydrogens (primary N) is 1. The summed E-state index contributed by atoms with van der Waals surface area (Å²) in [6.45, 7) is 0.259. The molecule has 0 fully saturated rings. The first-order valence-corrected chi connectivity index (χ1v) is 6.04. The smallest absolute Gasteiger partial charge is 0.174 e. The Hall–Kier alpha value is -1.65. The Bertz CT molecular complexity index is 569. The van der Waals surface area contributed by atoms with Crippen LogP contribution < -0.4 is 10.5 Å². The number of halogens is 3. The van der Waals surface area contributed by atoms with Crippen LogP contribution in [0.15, 0.2) is 36.4 Å². The standard InChI is InChI=1S/C14H12ClF2NO/c15-12-2-1-3-13(17)14(12)19-8-9-4-5-11(16)6-10(9)7-18/h1-6H,7-8,18H2. The third-order valence-corrected chi connectivity index (χ3v) is 2.98. The van der Waals surface area contributed by atoms with Gasteiger partial charge in [-0.25, -0.2) is 8.78 Å². The summed E-state index contributed by atoms with van der Waals surface area (Å²) in [5, 5.41) is 0.191. The number of benzene rings is 2. The van der Waals surface area contributed by atoms with Crippen LogP contribution in [0.3, 0.4) is 0 Å². The summed E-state index contributed by atoms with van der Waals surface area (Å²) in [5.74, 6) is -0.923. The summed E-state index contributed by atoms with van der Waals surface area (Å²) in [4.78, 5) is 0. The van der Waals surface area contributed by atoms with Crippen LogP contribution in [-0.4, -0.2) is 0 Å². The second-order valence-corrected chi connectivity index (χ2v) is 4.36. The molecule has 0 saturated carbocycles. The molecule has 19 heavy (non-hydrogen) atoms. The van der Waals surface area contributed by atoms with Gasteiger partial charge in [-0.1, -0.05) is 23.7 Å². The lowest BCUT2D eigenvalue weighted by Gasteiger charge is -2.11. The Labute approximate surface area is 114 Å². The highest BCUT2D eigenvalue weighted by Crippen LogP contribution is 2.28. The molecule has 2 rings (SSSR count). The first-order chi connectivity index (χ1) is 9.11. The number of hydrogen-bond acceptors (Lipinski definition) is 2. The lowest BCUT2D eigenvalue weighted by molar-refractivity contribution is 0.289. The van der Waals surface area contributed by atoms with Crippen molar-refractivity contribution in [2.24, 2.45) is 5.73 Å². The lowest BCUT2D eigenvalue weighted by atomic mass is 10.1. The summed E-state index contributed by atoms with van der Waals surface area (Å²) in [6, 6.07) is 8.49. The van der Waals surface area contributed by atoms with Crippen molar-refractivity contribution in [1.82, 2.24) is 0 Å². The quantitative estimate of drug-likeness (QED) is 0.929. The maximum Gasteiger partial charge on any atom is 0.174 e. The zero-order chi connectivity index (χ0) is 13.8. The minimum Gasteiger partial charge on any atom is -0.484 e. The van der Waals surface area contributed by atoms with E-state index in [1.54, 1.807) is 6.07 Å². The van der Waals surface area contributed by atoms with E-state index in [2.05, 4.69) is 0 Å². The molecule has 5 heteroatoms. The zero-order valence-electron chi connectivity index (χ0n) is 10.00. The zero-order valence-corrected chi connectivity index (χ0v) is 10.8. The Morgan fingerprint density at radius 1 is 1.11 bits per heavy atom. The number of para-hydroxylation sites is 1. The molecule has 0 saturated heterocycles. The van der Waals surface area contributed by atoms with Gasteiger partial charge in [-0.15, -0.1) is 0 Å². The van der Waals surface area contributed by atoms with Crippen LogP contribution in [0.4, 0.5) is 8.78 Å². The summed E-state index contributed by atoms with van der Waals surface area (Å²) in [5.41, 5.74) is 6.84. The molecule has 0 aliphatic carbocycles. The minimum atomic E-state index is -0.538. The van der Waals surface area contributed by atoms with Gasteiger partial charge in [0.05, 0.1) is 5.02 Å². The van der Waals surface area contributed by atoms with Gasteiger partial charge in [0.2, 0.25) is 0 Å². The average Bonchev–Trinajstić information content (AvgIpc) is 2.39. The van der Waals surface area contributed by atoms with Gasteiger partial charge in [-0.2, -0.15) is 0 Å². The van der Waals surface area contributed by atoms with Crippen LogP contribution in [0.1, 0.15) is 11.1 Å². The molecule has 0 aliphatic heterocycles. The van der Waals surface area contributed by atoms with Crippen molar-refractivity contribution >= 4 is 11.6 Å². The minimum absolute atomic E-state index is 0.0172. The predicted octanol–water partition coefficient (Wildman–Crippen LogP) is 3.66. The molecule has 100 valence electrons. The highest BCUT2D eigenvalue weighted by molar-refractivity contribution is 6.32. The van der Waals surface area contributed by atoms with Gasteiger partial charge >= 0.3 is 0 Å². The van der Waals surface area contributed by atoms with Gasteiger partial charge in [0.1, 0.15) is 12.4 Å². The van der Waals surface area contributed by atoms with Gasteiger partial charge in [-0.3, -0.25) is 0 Å². The molecule has 2 aromatic rings. The Balaban J connectivity index is 2.19. The van der Waals surface area contributed by atoms with E-state index in [1.807, 2.05) is 0 Å². The molecule has 2 nitrogen and oxygen atoms in total. The fraction of sp³-hybridized carbons (Fsp3) is 0.143. The van der Waals surface area contributed by atoms with E-state index in [-0.39, 0.29) is 29.7 Å². The molecule has 2 aromatic carbocycles. The van der Waals surface area contributed by atoms with E-state index in [0.717, 1.165) is 0 Å². The van der Waals surface area contributed by atoms with E-state index in [1.165, 1.54) is 30.3 Å². The monoisotopic (exact) mass is 283 g/mol. The van der Waals surface area contributed by atoms with Gasteiger partial charge in [0, 0.05) is 6.54 Å². The van der Waals surface area contributed by atoms with Crippen molar-refractivity contribution in [3.8, 4) is 5.75 Å². The Morgan fingerprint density at radius 3 is 2.58 bits per heavy atom. The Kier molecular flexibility index (Phi) is 4.35. The normalized spacial score (nSPS) is 10.5. The van der Waals surface area contributed by atoms with Crippen molar-refractivity contribution in [2.75, 3.05) is 0 Å². The molecule has 0 unspecified atom stereocenters. The third-order valence-electron chi connectivity index (χ3n) is 2.68. The molecule has 0 aliphatic rings. The number of hydrogen-bond donors (Lipinski definition) is 1. The average molecular weight is 284 g/mol. The van der Waals surface area contributed by atoms with Crippen molar-refractivity contribution in [1.29, 1.82) is 0 Å². The van der Waals surface area contributed by atoms with Crippen LogP contribution in [0.5, 0.6) is 5.75 Å². The van der Waals surface area contributed by atoms with Crippen LogP contribution in [-0.2, 0) is 13.2 Å². The van der Waals surface area contributed by atoms with Gasteiger partial charge in [-0.05, 0) is 35.4 Å². The summed E-state index contributed by atoms with van der Waals surface area (Å²) in [6.07, 6.45) is 0. The van der Waals surface area contributed by atoms with Crippen LogP contribution in [0, 0.1) is 11.6 Å². The third kappa shape index (κ3) is 3.22. The molecular formula is C14H12ClF2NO. The fourth-order valence-electron chi connectivity index (χ4n) is 1.70. The maximum absolute atomic E-state index is 13.5. The van der Waals surface area contributed by atoms with Crippen LogP contribution >= 0.6 is 11.6 Å². The number of ether oxygens (including phenoxy) is 1. The van der Waals surface area contributed by atoms with Gasteiger partial charge in [0.25, 0.3) is 0 Å². The first-order valence-electron chi connectivity index (χ1n) is 5.66. The maximum atomic E-state index is 13.5. The van der Waals surface area contributed by atoms with E-state index in [9.17, 15) is 8.78 Å². The largest absolute Gasteiger partial charge is 0.484 e. The Morgan fingerprint density at radius 2 is 1.89 bits per heavy atom. The van der Waals surface area contributed by atoms with Crippen molar-refractivity contribution in [3.63, 3.8) is 0 Å². The summed E-state index contributed by atoms with van der Waals surface area (Å²) >= 11 is 5.84. The highest BCUT2D eigenvalue weighted by atomic mass is 35.5. The molecule has 0 spiro atoms. The molecule has 0 heterocycles. The summed E-state index contributed by atoms with van der Waals surface area (Å²) in [7, 11) is 0. The van der Waals surface area contributed by atoms with Crippen molar-refractivity contribution in [3.05, 3.63) is 64.2 Å². The molecule has 0 atom stereocenters. The van der Waals surface area contributed by atoms with Crippen LogP contribution in [0.25, 0.3) is 0 Å². The molecule has 0 bridgehead atoms. The van der Waals surface area contributed by atoms with E-state index < -0.39 is 5.82 Å². The van der Waals surface area contributed by atoms with Crippen molar-refractivity contribution in [2.45, 2.75) is 13.2 Å².